The van der Waals surface area contributed by atoms with E-state index < -0.39 is 5.91 Å². The number of carbonyl (C=O) groups excluding carboxylic acids is 1. The highest BCUT2D eigenvalue weighted by molar-refractivity contribution is 8.26. The van der Waals surface area contributed by atoms with Crippen LogP contribution in [0, 0.1) is 5.41 Å². The van der Waals surface area contributed by atoms with Crippen molar-refractivity contribution in [3.63, 3.8) is 0 Å². The van der Waals surface area contributed by atoms with Crippen molar-refractivity contribution >= 4 is 39.8 Å². The second-order valence-electron chi connectivity index (χ2n) is 7.76. The molecule has 0 aliphatic carbocycles. The van der Waals surface area contributed by atoms with Crippen molar-refractivity contribution in [3.8, 4) is 11.5 Å². The fraction of sp³-hybridized carbons (Fsp3) is 0.111. The lowest BCUT2D eigenvalue weighted by molar-refractivity contribution is -0.114. The Morgan fingerprint density at radius 2 is 1.49 bits per heavy atom. The second kappa shape index (κ2) is 10.4. The van der Waals surface area contributed by atoms with E-state index in [0.29, 0.717) is 30.6 Å². The second-order valence-corrected chi connectivity index (χ2v) is 8.80. The minimum atomic E-state index is -0.441. The van der Waals surface area contributed by atoms with Gasteiger partial charge in [-0.25, -0.2) is 0 Å². The molecule has 1 N–H and O–H groups in total. The van der Waals surface area contributed by atoms with Gasteiger partial charge in [-0.2, -0.15) is 15.1 Å². The van der Waals surface area contributed by atoms with Crippen LogP contribution in [-0.4, -0.2) is 40.2 Å². The summed E-state index contributed by atoms with van der Waals surface area (Å²) in [6, 6.07) is 26.8. The normalized spacial score (nSPS) is 16.1. The molecule has 2 heterocycles. The minimum absolute atomic E-state index is 0.0222. The first-order valence-corrected chi connectivity index (χ1v) is 11.9. The first-order chi connectivity index (χ1) is 17.2. The van der Waals surface area contributed by atoms with Crippen molar-refractivity contribution in [1.29, 1.82) is 5.41 Å². The molecule has 0 spiro atoms. The molecule has 35 heavy (non-hydrogen) atoms. The first-order valence-electron chi connectivity index (χ1n) is 11.1. The third kappa shape index (κ3) is 5.50. The number of hydrazone groups is 1. The average Bonchev–Trinajstić information content (AvgIpc) is 3.29. The van der Waals surface area contributed by atoms with Crippen molar-refractivity contribution in [1.82, 2.24) is 5.01 Å². The summed E-state index contributed by atoms with van der Waals surface area (Å²) in [5.41, 5.74) is 2.08. The molecule has 0 aromatic heterocycles. The maximum absolute atomic E-state index is 12.6. The average molecular weight is 483 g/mol. The number of thioether (sulfide) groups is 1. The van der Waals surface area contributed by atoms with E-state index in [1.807, 2.05) is 84.9 Å². The number of nitrogens with one attached hydrogen (secondary N) is 1. The molecule has 5 rings (SSSR count). The third-order valence-electron chi connectivity index (χ3n) is 5.25. The van der Waals surface area contributed by atoms with E-state index in [1.54, 1.807) is 6.08 Å². The highest BCUT2D eigenvalue weighted by atomic mass is 32.2. The predicted molar refractivity (Wildman–Crippen MR) is 139 cm³/mol. The summed E-state index contributed by atoms with van der Waals surface area (Å²) >= 11 is 1.33. The van der Waals surface area contributed by atoms with Gasteiger partial charge in [0.15, 0.2) is 5.84 Å². The number of amides is 1. The smallest absolute Gasteiger partial charge is 0.283 e. The zero-order valence-corrected chi connectivity index (χ0v) is 19.6. The van der Waals surface area contributed by atoms with Crippen LogP contribution in [0.15, 0.2) is 101 Å². The van der Waals surface area contributed by atoms with E-state index >= 15 is 0 Å². The summed E-state index contributed by atoms with van der Waals surface area (Å²) in [6.45, 7) is 0.842. The molecule has 0 atom stereocenters. The molecule has 0 unspecified atom stereocenters. The number of hydrogen-bond donors (Lipinski definition) is 1. The minimum Gasteiger partial charge on any atom is -0.490 e. The van der Waals surface area contributed by atoms with E-state index in [1.165, 1.54) is 16.8 Å². The molecule has 0 radical (unpaired) electrons. The summed E-state index contributed by atoms with van der Waals surface area (Å²) in [7, 11) is 0. The maximum atomic E-state index is 12.6. The zero-order chi connectivity index (χ0) is 24.0. The number of hydrogen-bond acceptors (Lipinski definition) is 6. The van der Waals surface area contributed by atoms with Gasteiger partial charge in [0.1, 0.15) is 29.8 Å². The van der Waals surface area contributed by atoms with E-state index in [9.17, 15) is 4.79 Å². The number of nitrogens with zero attached hydrogens (tertiary/aromatic N) is 3. The Labute approximate surface area is 207 Å². The standard InChI is InChI=1S/C27H22N4O3S/c28-25-23(26(32)29-27-31(25)30-24(35-27)18-19-7-3-1-4-8-19)17-20-11-13-22(14-12-20)34-16-15-33-21-9-5-2-6-10-21/h1-14,17,28H,15-16,18H2. The summed E-state index contributed by atoms with van der Waals surface area (Å²) < 4.78 is 11.4. The van der Waals surface area contributed by atoms with Crippen LogP contribution in [0.3, 0.4) is 0 Å². The molecule has 0 fully saturated rings. The van der Waals surface area contributed by atoms with Gasteiger partial charge >= 0.3 is 0 Å². The number of aliphatic imine (C=N–C) groups is 1. The zero-order valence-electron chi connectivity index (χ0n) is 18.8. The number of carbonyl (C=O) groups is 1. The number of ether oxygens (including phenoxy) is 2. The number of benzene rings is 3. The molecular weight excluding hydrogens is 460 g/mol. The van der Waals surface area contributed by atoms with Gasteiger partial charge in [-0.1, -0.05) is 60.7 Å². The van der Waals surface area contributed by atoms with Crippen molar-refractivity contribution in [3.05, 3.63) is 102 Å². The quantitative estimate of drug-likeness (QED) is 0.360. The predicted octanol–water partition coefficient (Wildman–Crippen LogP) is 5.01. The SMILES string of the molecule is N=C1C(=Cc2ccc(OCCOc3ccccc3)cc2)C(=O)N=C2SC(Cc3ccccc3)=NN12. The van der Waals surface area contributed by atoms with Gasteiger partial charge in [-0.15, -0.1) is 0 Å². The Balaban J connectivity index is 1.21. The Kier molecular flexibility index (Phi) is 6.72. The molecular formula is C27H22N4O3S. The Hall–Kier alpha value is -4.17. The molecule has 7 nitrogen and oxygen atoms in total. The van der Waals surface area contributed by atoms with Gasteiger partial charge < -0.3 is 9.47 Å². The van der Waals surface area contributed by atoms with Crippen LogP contribution in [-0.2, 0) is 11.2 Å². The molecule has 3 aromatic rings. The van der Waals surface area contributed by atoms with Crippen LogP contribution >= 0.6 is 11.8 Å². The number of para-hydroxylation sites is 1. The molecule has 3 aromatic carbocycles. The van der Waals surface area contributed by atoms with Gasteiger partial charge in [-0.3, -0.25) is 10.2 Å². The fourth-order valence-corrected chi connectivity index (χ4v) is 4.46. The highest BCUT2D eigenvalue weighted by Crippen LogP contribution is 2.29. The molecule has 2 aliphatic rings. The molecule has 0 saturated carbocycles. The third-order valence-corrected chi connectivity index (χ3v) is 6.16. The van der Waals surface area contributed by atoms with Gasteiger partial charge in [0.2, 0.25) is 5.17 Å². The Morgan fingerprint density at radius 3 is 2.17 bits per heavy atom. The van der Waals surface area contributed by atoms with Gasteiger partial charge in [0, 0.05) is 6.42 Å². The largest absolute Gasteiger partial charge is 0.490 e. The van der Waals surface area contributed by atoms with E-state index in [2.05, 4.69) is 10.1 Å². The number of fused-ring (bicyclic) bond motifs is 1. The summed E-state index contributed by atoms with van der Waals surface area (Å²) in [5.74, 6) is 1.08. The summed E-state index contributed by atoms with van der Waals surface area (Å²) in [5, 5.41) is 15.7. The lowest BCUT2D eigenvalue weighted by atomic mass is 10.1. The van der Waals surface area contributed by atoms with E-state index in [-0.39, 0.29) is 11.4 Å². The van der Waals surface area contributed by atoms with Crippen molar-refractivity contribution < 1.29 is 14.3 Å². The van der Waals surface area contributed by atoms with E-state index in [4.69, 9.17) is 14.9 Å². The van der Waals surface area contributed by atoms with Crippen LogP contribution in [0.5, 0.6) is 11.5 Å². The lowest BCUT2D eigenvalue weighted by Gasteiger charge is -2.20. The Bertz CT molecular complexity index is 1320. The topological polar surface area (TPSA) is 87.3 Å². The molecule has 2 aliphatic heterocycles. The monoisotopic (exact) mass is 482 g/mol. The van der Waals surface area contributed by atoms with Crippen molar-refractivity contribution in [2.75, 3.05) is 13.2 Å². The van der Waals surface area contributed by atoms with Gasteiger partial charge in [0.05, 0.1) is 5.57 Å². The molecule has 0 bridgehead atoms. The molecule has 0 saturated heterocycles. The van der Waals surface area contributed by atoms with Crippen LogP contribution in [0.2, 0.25) is 0 Å². The number of rotatable bonds is 8. The molecule has 174 valence electrons. The first kappa shape index (κ1) is 22.6. The van der Waals surface area contributed by atoms with Gasteiger partial charge in [-0.05, 0) is 53.2 Å². The van der Waals surface area contributed by atoms with Crippen molar-refractivity contribution in [2.45, 2.75) is 6.42 Å². The summed E-state index contributed by atoms with van der Waals surface area (Å²) in [4.78, 5) is 16.8. The number of amidine groups is 2. The summed E-state index contributed by atoms with van der Waals surface area (Å²) in [6.07, 6.45) is 2.28. The van der Waals surface area contributed by atoms with Gasteiger partial charge in [0.25, 0.3) is 5.91 Å². The maximum Gasteiger partial charge on any atom is 0.283 e. The highest BCUT2D eigenvalue weighted by Gasteiger charge is 2.35. The van der Waals surface area contributed by atoms with Crippen LogP contribution in [0.1, 0.15) is 11.1 Å². The van der Waals surface area contributed by atoms with Crippen LogP contribution < -0.4 is 9.47 Å². The molecule has 1 amide bonds. The van der Waals surface area contributed by atoms with Crippen molar-refractivity contribution in [2.24, 2.45) is 10.1 Å². The van der Waals surface area contributed by atoms with Crippen LogP contribution in [0.4, 0.5) is 0 Å². The van der Waals surface area contributed by atoms with Crippen LogP contribution in [0.25, 0.3) is 6.08 Å². The fourth-order valence-electron chi connectivity index (χ4n) is 3.54. The molecule has 8 heteroatoms. The van der Waals surface area contributed by atoms with E-state index in [0.717, 1.165) is 21.9 Å². The lowest BCUT2D eigenvalue weighted by Crippen LogP contribution is -2.35. The Morgan fingerprint density at radius 1 is 0.857 bits per heavy atom.